The van der Waals surface area contributed by atoms with E-state index in [1.165, 1.54) is 0 Å². The first-order valence-corrected chi connectivity index (χ1v) is 14.3. The third kappa shape index (κ3) is 4.35. The zero-order valence-electron chi connectivity index (χ0n) is 20.4. The molecule has 0 aromatic carbocycles. The lowest BCUT2D eigenvalue weighted by molar-refractivity contribution is -0.307. The van der Waals surface area contributed by atoms with Crippen molar-refractivity contribution >= 4 is 22.1 Å². The Bertz CT molecular complexity index is 991. The van der Waals surface area contributed by atoms with Gasteiger partial charge in [-0.3, -0.25) is 14.1 Å². The van der Waals surface area contributed by atoms with Crippen LogP contribution in [-0.4, -0.2) is 60.9 Å². The summed E-state index contributed by atoms with van der Waals surface area (Å²) < 4.78 is 80.9. The van der Waals surface area contributed by atoms with E-state index in [4.69, 9.17) is 23.5 Å². The molecular weight excluding hydrogens is 502 g/mol. The topological polar surface area (TPSA) is 125 Å². The smallest absolute Gasteiger partial charge is 0.402 e. The van der Waals surface area contributed by atoms with Crippen LogP contribution in [0.15, 0.2) is 0 Å². The molecule has 12 heteroatoms. The van der Waals surface area contributed by atoms with E-state index in [2.05, 4.69) is 0 Å². The molecule has 1 spiro atoms. The van der Waals surface area contributed by atoms with Crippen molar-refractivity contribution in [3.05, 3.63) is 0 Å². The van der Waals surface area contributed by atoms with Crippen LogP contribution >= 0.6 is 0 Å². The normalized spacial score (nSPS) is 39.0. The lowest BCUT2D eigenvalue weighted by atomic mass is 9.47. The van der Waals surface area contributed by atoms with Crippen LogP contribution in [0.25, 0.3) is 0 Å². The summed E-state index contributed by atoms with van der Waals surface area (Å²) in [6.45, 7) is 0.542. The van der Waals surface area contributed by atoms with Gasteiger partial charge in [-0.15, -0.1) is 0 Å². The maximum Gasteiger partial charge on any atom is 0.402 e. The van der Waals surface area contributed by atoms with Crippen molar-refractivity contribution in [3.8, 4) is 0 Å². The second-order valence-electron chi connectivity index (χ2n) is 11.5. The number of rotatable bonds is 8. The molecule has 0 amide bonds. The Kier molecular flexibility index (Phi) is 6.45. The largest absolute Gasteiger partial charge is 0.459 e. The SMILES string of the molecule is CCC1(OC(=O)CC2COC3(O2)C2CC4CC3CC(C(=O)OCC(F)(F)S(=O)(=O)O)(C4)C2)CCCC1. The van der Waals surface area contributed by atoms with Crippen LogP contribution in [0.1, 0.15) is 77.6 Å². The van der Waals surface area contributed by atoms with Gasteiger partial charge in [0.15, 0.2) is 12.4 Å². The van der Waals surface area contributed by atoms with E-state index in [0.717, 1.165) is 44.9 Å². The highest BCUT2D eigenvalue weighted by Gasteiger charge is 2.68. The minimum atomic E-state index is -5.69. The Balaban J connectivity index is 1.23. The van der Waals surface area contributed by atoms with E-state index in [-0.39, 0.29) is 42.4 Å². The molecule has 0 radical (unpaired) electrons. The van der Waals surface area contributed by atoms with Gasteiger partial charge in [-0.1, -0.05) is 6.92 Å². The first-order valence-electron chi connectivity index (χ1n) is 12.9. The second kappa shape index (κ2) is 8.84. The molecule has 9 nitrogen and oxygen atoms in total. The standard InChI is InChI=1S/C24H34F2O9S/c1-2-22(5-3-4-6-22)35-19(27)9-18-13-33-24(34-18)16-7-15-8-17(24)12-21(10-15,11-16)20(28)32-14-23(25,26)36(29,30)31/h15-18H,2-14H2,1H3,(H,29,30,31). The summed E-state index contributed by atoms with van der Waals surface area (Å²) in [6, 6.07) is 0. The Morgan fingerprint density at radius 1 is 1.11 bits per heavy atom. The van der Waals surface area contributed by atoms with Gasteiger partial charge in [0.05, 0.1) is 24.5 Å². The van der Waals surface area contributed by atoms with Gasteiger partial charge in [-0.2, -0.15) is 17.2 Å². The predicted molar refractivity (Wildman–Crippen MR) is 119 cm³/mol. The number of ether oxygens (including phenoxy) is 4. The highest BCUT2D eigenvalue weighted by Crippen LogP contribution is 2.66. The van der Waals surface area contributed by atoms with Crippen LogP contribution in [0.5, 0.6) is 0 Å². The molecule has 6 fully saturated rings. The van der Waals surface area contributed by atoms with Crippen LogP contribution in [0.3, 0.4) is 0 Å². The van der Waals surface area contributed by atoms with Crippen LogP contribution < -0.4 is 0 Å². The van der Waals surface area contributed by atoms with E-state index < -0.39 is 45.3 Å². The van der Waals surface area contributed by atoms with E-state index in [0.29, 0.717) is 19.3 Å². The molecule has 6 aliphatic rings. The molecular formula is C24H34F2O9S. The van der Waals surface area contributed by atoms with Gasteiger partial charge in [-0.05, 0) is 70.1 Å². The summed E-state index contributed by atoms with van der Waals surface area (Å²) in [7, 11) is -5.69. The maximum absolute atomic E-state index is 13.6. The Morgan fingerprint density at radius 2 is 1.75 bits per heavy atom. The van der Waals surface area contributed by atoms with Crippen LogP contribution in [-0.2, 0) is 38.7 Å². The molecule has 0 aromatic heterocycles. The number of hydrogen-bond donors (Lipinski definition) is 1. The molecule has 1 aliphatic heterocycles. The fourth-order valence-electron chi connectivity index (χ4n) is 7.65. The van der Waals surface area contributed by atoms with Crippen molar-refractivity contribution in [2.24, 2.45) is 23.2 Å². The fraction of sp³-hybridized carbons (Fsp3) is 0.917. The van der Waals surface area contributed by atoms with Gasteiger partial charge in [-0.25, -0.2) is 0 Å². The maximum atomic E-state index is 13.6. The number of halogens is 2. The summed E-state index contributed by atoms with van der Waals surface area (Å²) in [5.41, 5.74) is -1.40. The number of alkyl halides is 2. The molecule has 204 valence electrons. The minimum absolute atomic E-state index is 0.0876. The summed E-state index contributed by atoms with van der Waals surface area (Å²) in [5.74, 6) is -2.27. The molecule has 6 rings (SSSR count). The molecule has 3 atom stereocenters. The van der Waals surface area contributed by atoms with Crippen molar-refractivity contribution in [3.63, 3.8) is 0 Å². The summed E-state index contributed by atoms with van der Waals surface area (Å²) in [4.78, 5) is 25.7. The first kappa shape index (κ1) is 26.2. The predicted octanol–water partition coefficient (Wildman–Crippen LogP) is 3.60. The van der Waals surface area contributed by atoms with E-state index in [1.54, 1.807) is 0 Å². The van der Waals surface area contributed by atoms with E-state index in [9.17, 15) is 26.8 Å². The molecule has 36 heavy (non-hydrogen) atoms. The van der Waals surface area contributed by atoms with Gasteiger partial charge < -0.3 is 18.9 Å². The van der Waals surface area contributed by atoms with Crippen LogP contribution in [0.4, 0.5) is 8.78 Å². The minimum Gasteiger partial charge on any atom is -0.459 e. The molecule has 4 bridgehead atoms. The lowest BCUT2D eigenvalue weighted by Crippen LogP contribution is -2.63. The zero-order valence-corrected chi connectivity index (χ0v) is 21.2. The monoisotopic (exact) mass is 536 g/mol. The fourth-order valence-corrected chi connectivity index (χ4v) is 7.86. The summed E-state index contributed by atoms with van der Waals surface area (Å²) in [6.07, 6.45) is 6.87. The quantitative estimate of drug-likeness (QED) is 0.366. The Labute approximate surface area is 209 Å². The second-order valence-corrected chi connectivity index (χ2v) is 13.1. The highest BCUT2D eigenvalue weighted by molar-refractivity contribution is 7.86. The van der Waals surface area contributed by atoms with Crippen molar-refractivity contribution in [1.29, 1.82) is 0 Å². The molecule has 5 saturated carbocycles. The van der Waals surface area contributed by atoms with Crippen molar-refractivity contribution in [2.75, 3.05) is 13.2 Å². The van der Waals surface area contributed by atoms with Gasteiger partial charge in [0.2, 0.25) is 0 Å². The number of carbonyl (C=O) groups excluding carboxylic acids is 2. The summed E-state index contributed by atoms with van der Waals surface area (Å²) >= 11 is 0. The molecule has 5 aliphatic carbocycles. The molecule has 0 aromatic rings. The summed E-state index contributed by atoms with van der Waals surface area (Å²) in [5, 5.41) is -4.57. The molecule has 1 N–H and O–H groups in total. The highest BCUT2D eigenvalue weighted by atomic mass is 32.2. The Morgan fingerprint density at radius 3 is 2.33 bits per heavy atom. The average molecular weight is 537 g/mol. The molecule has 3 unspecified atom stereocenters. The average Bonchev–Trinajstić information content (AvgIpc) is 3.43. The van der Waals surface area contributed by atoms with Gasteiger partial charge >= 0.3 is 27.3 Å². The van der Waals surface area contributed by atoms with E-state index >= 15 is 0 Å². The zero-order chi connectivity index (χ0) is 26.0. The number of carbonyl (C=O) groups is 2. The Hall–Kier alpha value is -1.37. The van der Waals surface area contributed by atoms with Crippen LogP contribution in [0, 0.1) is 23.2 Å². The van der Waals surface area contributed by atoms with Crippen LogP contribution in [0.2, 0.25) is 0 Å². The van der Waals surface area contributed by atoms with E-state index in [1.807, 2.05) is 6.92 Å². The van der Waals surface area contributed by atoms with Crippen molar-refractivity contribution in [1.82, 2.24) is 0 Å². The lowest BCUT2D eigenvalue weighted by Gasteiger charge is -2.61. The third-order valence-corrected chi connectivity index (χ3v) is 10.1. The first-order chi connectivity index (χ1) is 16.8. The van der Waals surface area contributed by atoms with Crippen molar-refractivity contribution in [2.45, 2.75) is 100 Å². The molecule has 1 heterocycles. The van der Waals surface area contributed by atoms with Crippen molar-refractivity contribution < 1.29 is 50.3 Å². The number of hydrogen-bond acceptors (Lipinski definition) is 8. The third-order valence-electron chi connectivity index (χ3n) is 9.24. The van der Waals surface area contributed by atoms with Gasteiger partial charge in [0.1, 0.15) is 5.60 Å². The number of esters is 2. The van der Waals surface area contributed by atoms with Gasteiger partial charge in [0, 0.05) is 11.8 Å². The van der Waals surface area contributed by atoms with Gasteiger partial charge in [0.25, 0.3) is 0 Å². The molecule has 1 saturated heterocycles.